The number of benzene rings is 1. The summed E-state index contributed by atoms with van der Waals surface area (Å²) in [5.41, 5.74) is 0.733. The van der Waals surface area contributed by atoms with E-state index in [1.807, 2.05) is 0 Å². The van der Waals surface area contributed by atoms with Gasteiger partial charge < -0.3 is 5.11 Å². The number of aryl methyl sites for hydroxylation is 1. The Hall–Kier alpha value is -2.22. The number of aromatic nitrogens is 2. The Kier molecular flexibility index (Phi) is 3.34. The number of hydrogen-bond acceptors (Lipinski definition) is 4. The lowest BCUT2D eigenvalue weighted by Crippen LogP contribution is -2.03. The molecule has 0 atom stereocenters. The monoisotopic (exact) mass is 325 g/mol. The van der Waals surface area contributed by atoms with Crippen molar-refractivity contribution in [3.05, 3.63) is 50.2 Å². The van der Waals surface area contributed by atoms with E-state index in [9.17, 15) is 14.9 Å². The van der Waals surface area contributed by atoms with Gasteiger partial charge in [0.15, 0.2) is 5.69 Å². The maximum Gasteiger partial charge on any atom is 0.356 e. The summed E-state index contributed by atoms with van der Waals surface area (Å²) in [6.07, 6.45) is 1.43. The number of rotatable bonds is 3. The van der Waals surface area contributed by atoms with E-state index in [1.165, 1.54) is 23.0 Å². The quantitative estimate of drug-likeness (QED) is 0.690. The molecule has 1 aromatic carbocycles. The molecular formula is C11H8BrN3O4. The number of aromatic carboxylic acids is 1. The number of nitro groups is 1. The van der Waals surface area contributed by atoms with E-state index in [0.717, 1.165) is 0 Å². The second-order valence-electron chi connectivity index (χ2n) is 3.80. The second kappa shape index (κ2) is 4.81. The lowest BCUT2D eigenvalue weighted by molar-refractivity contribution is -0.385. The molecule has 0 unspecified atom stereocenters. The van der Waals surface area contributed by atoms with Gasteiger partial charge in [0.05, 0.1) is 10.6 Å². The van der Waals surface area contributed by atoms with Gasteiger partial charge in [-0.3, -0.25) is 10.1 Å². The minimum absolute atomic E-state index is 0.0504. The number of hydrogen-bond donors (Lipinski definition) is 1. The third-order valence-corrected chi connectivity index (χ3v) is 3.15. The van der Waals surface area contributed by atoms with Gasteiger partial charge in [0.1, 0.15) is 0 Å². The number of nitro benzene ring substituents is 1. The van der Waals surface area contributed by atoms with Crippen LogP contribution in [0.1, 0.15) is 16.1 Å². The van der Waals surface area contributed by atoms with Gasteiger partial charge in [-0.05, 0) is 35.0 Å². The molecule has 19 heavy (non-hydrogen) atoms. The molecule has 1 aromatic heterocycles. The number of carboxylic acid groups (broad SMARTS) is 1. The normalized spacial score (nSPS) is 10.4. The highest BCUT2D eigenvalue weighted by Crippen LogP contribution is 2.29. The predicted molar refractivity (Wildman–Crippen MR) is 69.6 cm³/mol. The van der Waals surface area contributed by atoms with E-state index < -0.39 is 10.9 Å². The third kappa shape index (κ3) is 2.48. The Bertz CT molecular complexity index is 681. The predicted octanol–water partition coefficient (Wildman–Crippen LogP) is 2.55. The maximum absolute atomic E-state index is 10.9. The minimum atomic E-state index is -1.16. The molecule has 2 rings (SSSR count). The molecule has 1 heterocycles. The highest BCUT2D eigenvalue weighted by Gasteiger charge is 2.17. The Balaban J connectivity index is 2.57. The average molecular weight is 326 g/mol. The molecule has 0 saturated carbocycles. The Labute approximate surface area is 115 Å². The van der Waals surface area contributed by atoms with Gasteiger partial charge in [-0.1, -0.05) is 0 Å². The molecule has 1 N–H and O–H groups in total. The maximum atomic E-state index is 10.9. The first kappa shape index (κ1) is 13.2. The van der Waals surface area contributed by atoms with Crippen LogP contribution >= 0.6 is 15.9 Å². The van der Waals surface area contributed by atoms with Crippen molar-refractivity contribution in [1.29, 1.82) is 0 Å². The van der Waals surface area contributed by atoms with Crippen LogP contribution in [0.3, 0.4) is 0 Å². The molecule has 0 bridgehead atoms. The SMILES string of the molecule is Cc1cc(Br)c(-n2ccc(C(=O)O)n2)cc1[N+](=O)[O-]. The summed E-state index contributed by atoms with van der Waals surface area (Å²) < 4.78 is 1.87. The largest absolute Gasteiger partial charge is 0.476 e. The Morgan fingerprint density at radius 3 is 2.74 bits per heavy atom. The second-order valence-corrected chi connectivity index (χ2v) is 4.65. The van der Waals surface area contributed by atoms with Gasteiger partial charge in [0, 0.05) is 22.3 Å². The number of nitrogens with zero attached hydrogens (tertiary/aromatic N) is 3. The van der Waals surface area contributed by atoms with Gasteiger partial charge in [0.25, 0.3) is 5.69 Å². The van der Waals surface area contributed by atoms with E-state index in [2.05, 4.69) is 21.0 Å². The first-order chi connectivity index (χ1) is 8.90. The van der Waals surface area contributed by atoms with Gasteiger partial charge in [-0.25, -0.2) is 9.48 Å². The van der Waals surface area contributed by atoms with E-state index in [1.54, 1.807) is 13.0 Å². The van der Waals surface area contributed by atoms with Gasteiger partial charge in [-0.2, -0.15) is 5.10 Å². The van der Waals surface area contributed by atoms with Crippen molar-refractivity contribution in [1.82, 2.24) is 9.78 Å². The van der Waals surface area contributed by atoms with Crippen LogP contribution < -0.4 is 0 Å². The first-order valence-corrected chi connectivity index (χ1v) is 5.93. The number of carbonyl (C=O) groups is 1. The summed E-state index contributed by atoms with van der Waals surface area (Å²) in [5, 5.41) is 23.5. The van der Waals surface area contributed by atoms with Crippen molar-refractivity contribution in [2.24, 2.45) is 0 Å². The smallest absolute Gasteiger partial charge is 0.356 e. The zero-order chi connectivity index (χ0) is 14.2. The van der Waals surface area contributed by atoms with E-state index in [4.69, 9.17) is 5.11 Å². The standard InChI is InChI=1S/C11H8BrN3O4/c1-6-4-7(12)10(5-9(6)15(18)19)14-3-2-8(13-14)11(16)17/h2-5H,1H3,(H,16,17). The first-order valence-electron chi connectivity index (χ1n) is 5.14. The Morgan fingerprint density at radius 1 is 1.53 bits per heavy atom. The lowest BCUT2D eigenvalue weighted by Gasteiger charge is -2.06. The summed E-state index contributed by atoms with van der Waals surface area (Å²) in [6.45, 7) is 1.62. The lowest BCUT2D eigenvalue weighted by atomic mass is 10.2. The fourth-order valence-corrected chi connectivity index (χ4v) is 2.23. The molecule has 0 amide bonds. The third-order valence-electron chi connectivity index (χ3n) is 2.52. The summed E-state index contributed by atoms with van der Waals surface area (Å²) in [6, 6.07) is 4.26. The highest BCUT2D eigenvalue weighted by molar-refractivity contribution is 9.10. The van der Waals surface area contributed by atoms with Crippen LogP contribution in [0.25, 0.3) is 5.69 Å². The number of carboxylic acids is 1. The van der Waals surface area contributed by atoms with Crippen LogP contribution in [0.5, 0.6) is 0 Å². The van der Waals surface area contributed by atoms with Gasteiger partial charge in [0.2, 0.25) is 0 Å². The fourth-order valence-electron chi connectivity index (χ4n) is 1.59. The molecule has 0 aliphatic rings. The summed E-state index contributed by atoms with van der Waals surface area (Å²) in [4.78, 5) is 21.2. The van der Waals surface area contributed by atoms with Crippen molar-refractivity contribution in [3.8, 4) is 5.69 Å². The minimum Gasteiger partial charge on any atom is -0.476 e. The van der Waals surface area contributed by atoms with Crippen molar-refractivity contribution < 1.29 is 14.8 Å². The molecule has 98 valence electrons. The summed E-state index contributed by atoms with van der Waals surface area (Å²) in [7, 11) is 0. The van der Waals surface area contributed by atoms with Crippen LogP contribution in [0.15, 0.2) is 28.9 Å². The summed E-state index contributed by atoms with van der Waals surface area (Å²) >= 11 is 3.28. The van der Waals surface area contributed by atoms with E-state index >= 15 is 0 Å². The fraction of sp³-hybridized carbons (Fsp3) is 0.0909. The zero-order valence-electron chi connectivity index (χ0n) is 9.70. The molecule has 2 aromatic rings. The van der Waals surface area contributed by atoms with Crippen molar-refractivity contribution >= 4 is 27.6 Å². The molecule has 0 fully saturated rings. The van der Waals surface area contributed by atoms with Crippen molar-refractivity contribution in [2.75, 3.05) is 0 Å². The topological polar surface area (TPSA) is 98.3 Å². The van der Waals surface area contributed by atoms with Crippen molar-refractivity contribution in [2.45, 2.75) is 6.92 Å². The van der Waals surface area contributed by atoms with Crippen LogP contribution in [-0.2, 0) is 0 Å². The molecular weight excluding hydrogens is 318 g/mol. The number of halogens is 1. The average Bonchev–Trinajstić information content (AvgIpc) is 2.77. The molecule has 8 heteroatoms. The van der Waals surface area contributed by atoms with E-state index in [-0.39, 0.29) is 11.4 Å². The molecule has 0 radical (unpaired) electrons. The molecule has 7 nitrogen and oxygen atoms in total. The van der Waals surface area contributed by atoms with Crippen LogP contribution in [0.4, 0.5) is 5.69 Å². The van der Waals surface area contributed by atoms with Crippen LogP contribution in [0.2, 0.25) is 0 Å². The van der Waals surface area contributed by atoms with Gasteiger partial charge >= 0.3 is 5.97 Å². The molecule has 0 saturated heterocycles. The highest BCUT2D eigenvalue weighted by atomic mass is 79.9. The van der Waals surface area contributed by atoms with Gasteiger partial charge in [-0.15, -0.1) is 0 Å². The van der Waals surface area contributed by atoms with Crippen LogP contribution in [-0.4, -0.2) is 25.8 Å². The van der Waals surface area contributed by atoms with Crippen molar-refractivity contribution in [3.63, 3.8) is 0 Å². The zero-order valence-corrected chi connectivity index (χ0v) is 11.3. The van der Waals surface area contributed by atoms with E-state index in [0.29, 0.717) is 15.7 Å². The van der Waals surface area contributed by atoms with Crippen LogP contribution in [0, 0.1) is 17.0 Å². The molecule has 0 spiro atoms. The Morgan fingerprint density at radius 2 is 2.21 bits per heavy atom. The summed E-state index contributed by atoms with van der Waals surface area (Å²) in [5.74, 6) is -1.16. The molecule has 0 aliphatic heterocycles. The molecule has 0 aliphatic carbocycles.